The van der Waals surface area contributed by atoms with Crippen molar-refractivity contribution in [2.75, 3.05) is 43.2 Å². The van der Waals surface area contributed by atoms with Gasteiger partial charge in [0.1, 0.15) is 28.9 Å². The van der Waals surface area contributed by atoms with Crippen LogP contribution >= 0.6 is 0 Å². The quantitative estimate of drug-likeness (QED) is 0.524. The van der Waals surface area contributed by atoms with E-state index in [0.717, 1.165) is 58.9 Å². The molecule has 5 rings (SSSR count). The summed E-state index contributed by atoms with van der Waals surface area (Å²) in [6.45, 7) is 7.60. The third-order valence-electron chi connectivity index (χ3n) is 5.98. The zero-order valence-electron chi connectivity index (χ0n) is 18.1. The van der Waals surface area contributed by atoms with Gasteiger partial charge in [-0.3, -0.25) is 0 Å². The van der Waals surface area contributed by atoms with Gasteiger partial charge in [0, 0.05) is 42.3 Å². The van der Waals surface area contributed by atoms with Gasteiger partial charge in [-0.1, -0.05) is 0 Å². The van der Waals surface area contributed by atoms with Crippen LogP contribution in [0.1, 0.15) is 13.8 Å². The summed E-state index contributed by atoms with van der Waals surface area (Å²) in [4.78, 5) is 17.6. The van der Waals surface area contributed by atoms with Crippen LogP contribution in [0, 0.1) is 0 Å². The van der Waals surface area contributed by atoms with Gasteiger partial charge in [0.2, 0.25) is 0 Å². The van der Waals surface area contributed by atoms with E-state index in [1.807, 2.05) is 25.1 Å². The van der Waals surface area contributed by atoms with Gasteiger partial charge in [-0.2, -0.15) is 0 Å². The highest BCUT2D eigenvalue weighted by Crippen LogP contribution is 2.33. The van der Waals surface area contributed by atoms with Gasteiger partial charge >= 0.3 is 0 Å². The minimum Gasteiger partial charge on any atom is -0.497 e. The van der Waals surface area contributed by atoms with Crippen LogP contribution in [0.5, 0.6) is 11.5 Å². The number of benzene rings is 2. The Hall–Kier alpha value is -3.48. The number of methoxy groups -OCH3 is 1. The predicted molar refractivity (Wildman–Crippen MR) is 125 cm³/mol. The molecule has 1 N–H and O–H groups in total. The first-order valence-electron chi connectivity index (χ1n) is 10.7. The monoisotopic (exact) mass is 417 g/mol. The van der Waals surface area contributed by atoms with E-state index in [1.54, 1.807) is 13.4 Å². The van der Waals surface area contributed by atoms with E-state index in [9.17, 15) is 0 Å². The summed E-state index contributed by atoms with van der Waals surface area (Å²) in [7, 11) is 1.69. The summed E-state index contributed by atoms with van der Waals surface area (Å²) in [5.74, 6) is 2.70. The fraction of sp³-hybridized carbons (Fsp3) is 0.333. The number of hydrogen-bond acceptors (Lipinski definition) is 6. The minimum atomic E-state index is 0.348. The van der Waals surface area contributed by atoms with Crippen molar-refractivity contribution in [1.29, 1.82) is 0 Å². The number of nitrogens with one attached hydrogen (secondary N) is 1. The number of fused-ring (bicyclic) bond motifs is 3. The SMILES string of the molecule is CCOc1ccc2[nH]c3c(N4CCN(c5ccc(OC)cc5)[C@@H](C)C4)ncnc3c2c1. The standard InChI is InChI=1S/C24H27N5O2/c1-4-31-19-9-10-21-20(13-19)22-23(27-21)24(26-15-25-22)28-11-12-29(16(2)14-28)17-5-7-18(30-3)8-6-17/h5-10,13,15-16,27H,4,11-12,14H2,1-3H3/t16-/m0/s1. The smallest absolute Gasteiger partial charge is 0.156 e. The number of H-pyrrole nitrogens is 1. The zero-order valence-corrected chi connectivity index (χ0v) is 18.1. The fourth-order valence-corrected chi connectivity index (χ4v) is 4.46. The van der Waals surface area contributed by atoms with E-state index >= 15 is 0 Å². The highest BCUT2D eigenvalue weighted by atomic mass is 16.5. The Morgan fingerprint density at radius 3 is 2.61 bits per heavy atom. The Bertz CT molecular complexity index is 1200. The zero-order chi connectivity index (χ0) is 21.4. The van der Waals surface area contributed by atoms with Crippen molar-refractivity contribution in [2.24, 2.45) is 0 Å². The molecule has 0 amide bonds. The Labute approximate surface area is 181 Å². The molecule has 0 spiro atoms. The van der Waals surface area contributed by atoms with Gasteiger partial charge in [-0.05, 0) is 56.3 Å². The molecule has 0 saturated carbocycles. The summed E-state index contributed by atoms with van der Waals surface area (Å²) >= 11 is 0. The lowest BCUT2D eigenvalue weighted by atomic mass is 10.1. The highest BCUT2D eigenvalue weighted by molar-refractivity contribution is 6.08. The largest absolute Gasteiger partial charge is 0.497 e. The average Bonchev–Trinajstić information content (AvgIpc) is 3.17. The lowest BCUT2D eigenvalue weighted by Crippen LogP contribution is -2.52. The molecule has 1 aliphatic rings. The maximum atomic E-state index is 5.68. The summed E-state index contributed by atoms with van der Waals surface area (Å²) in [5, 5.41) is 1.06. The van der Waals surface area contributed by atoms with E-state index in [1.165, 1.54) is 5.69 Å². The van der Waals surface area contributed by atoms with Crippen molar-refractivity contribution in [3.8, 4) is 11.5 Å². The first-order chi connectivity index (χ1) is 15.2. The van der Waals surface area contributed by atoms with Crippen LogP contribution in [0.2, 0.25) is 0 Å². The van der Waals surface area contributed by atoms with Crippen LogP contribution in [0.25, 0.3) is 21.9 Å². The highest BCUT2D eigenvalue weighted by Gasteiger charge is 2.26. The van der Waals surface area contributed by atoms with E-state index in [4.69, 9.17) is 9.47 Å². The van der Waals surface area contributed by atoms with Gasteiger partial charge in [-0.25, -0.2) is 9.97 Å². The number of piperazine rings is 1. The Balaban J connectivity index is 1.44. The van der Waals surface area contributed by atoms with Gasteiger partial charge in [0.25, 0.3) is 0 Å². The van der Waals surface area contributed by atoms with Crippen LogP contribution < -0.4 is 19.3 Å². The van der Waals surface area contributed by atoms with E-state index in [-0.39, 0.29) is 0 Å². The third-order valence-corrected chi connectivity index (χ3v) is 5.98. The number of aromatic amines is 1. The minimum absolute atomic E-state index is 0.348. The van der Waals surface area contributed by atoms with Crippen LogP contribution in [-0.4, -0.2) is 54.3 Å². The van der Waals surface area contributed by atoms with Gasteiger partial charge in [0.05, 0.1) is 13.7 Å². The molecule has 160 valence electrons. The molecule has 0 unspecified atom stereocenters. The summed E-state index contributed by atoms with van der Waals surface area (Å²) in [6, 6.07) is 14.7. The van der Waals surface area contributed by atoms with E-state index < -0.39 is 0 Å². The summed E-state index contributed by atoms with van der Waals surface area (Å²) in [5.41, 5.74) is 4.18. The Kier molecular flexibility index (Phi) is 5.02. The summed E-state index contributed by atoms with van der Waals surface area (Å²) in [6.07, 6.45) is 1.67. The molecule has 31 heavy (non-hydrogen) atoms. The van der Waals surface area contributed by atoms with Crippen molar-refractivity contribution < 1.29 is 9.47 Å². The van der Waals surface area contributed by atoms with Gasteiger partial charge in [0.15, 0.2) is 5.82 Å². The molecular weight excluding hydrogens is 390 g/mol. The second kappa shape index (κ2) is 7.98. The molecule has 0 aliphatic carbocycles. The number of anilines is 2. The molecule has 0 radical (unpaired) electrons. The number of rotatable bonds is 5. The van der Waals surface area contributed by atoms with Crippen molar-refractivity contribution >= 4 is 33.4 Å². The van der Waals surface area contributed by atoms with Crippen molar-refractivity contribution in [3.05, 3.63) is 48.8 Å². The van der Waals surface area contributed by atoms with Crippen LogP contribution in [0.3, 0.4) is 0 Å². The molecule has 1 saturated heterocycles. The van der Waals surface area contributed by atoms with Crippen molar-refractivity contribution in [1.82, 2.24) is 15.0 Å². The predicted octanol–water partition coefficient (Wildman–Crippen LogP) is 4.23. The molecule has 7 nitrogen and oxygen atoms in total. The lowest BCUT2D eigenvalue weighted by molar-refractivity contribution is 0.341. The van der Waals surface area contributed by atoms with Gasteiger partial charge < -0.3 is 24.3 Å². The van der Waals surface area contributed by atoms with E-state index in [2.05, 4.69) is 55.9 Å². The maximum absolute atomic E-state index is 5.68. The number of aromatic nitrogens is 3. The third kappa shape index (κ3) is 3.50. The molecule has 3 heterocycles. The molecule has 2 aromatic carbocycles. The van der Waals surface area contributed by atoms with Crippen LogP contribution in [-0.2, 0) is 0 Å². The van der Waals surface area contributed by atoms with Gasteiger partial charge in [-0.15, -0.1) is 0 Å². The van der Waals surface area contributed by atoms with Crippen molar-refractivity contribution in [3.63, 3.8) is 0 Å². The molecule has 0 bridgehead atoms. The molecule has 1 fully saturated rings. The molecule has 2 aromatic heterocycles. The van der Waals surface area contributed by atoms with Crippen LogP contribution in [0.15, 0.2) is 48.8 Å². The Morgan fingerprint density at radius 1 is 1.06 bits per heavy atom. The number of ether oxygens (including phenoxy) is 2. The molecule has 1 atom stereocenters. The first-order valence-corrected chi connectivity index (χ1v) is 10.7. The van der Waals surface area contributed by atoms with E-state index in [0.29, 0.717) is 12.6 Å². The first kappa shape index (κ1) is 19.5. The molecular formula is C24H27N5O2. The topological polar surface area (TPSA) is 66.5 Å². The average molecular weight is 418 g/mol. The molecule has 1 aliphatic heterocycles. The number of nitrogens with zero attached hydrogens (tertiary/aromatic N) is 4. The lowest BCUT2D eigenvalue weighted by Gasteiger charge is -2.41. The summed E-state index contributed by atoms with van der Waals surface area (Å²) < 4.78 is 11.0. The van der Waals surface area contributed by atoms with Crippen molar-refractivity contribution in [2.45, 2.75) is 19.9 Å². The molecule has 7 heteroatoms. The fourth-order valence-electron chi connectivity index (χ4n) is 4.46. The normalized spacial score (nSPS) is 16.8. The van der Waals surface area contributed by atoms with Crippen LogP contribution in [0.4, 0.5) is 11.5 Å². The number of hydrogen-bond donors (Lipinski definition) is 1. The maximum Gasteiger partial charge on any atom is 0.156 e. The Morgan fingerprint density at radius 2 is 1.87 bits per heavy atom. The second-order valence-electron chi connectivity index (χ2n) is 7.87. The molecule has 4 aromatic rings. The second-order valence-corrected chi connectivity index (χ2v) is 7.87.